The van der Waals surface area contributed by atoms with Gasteiger partial charge in [-0.2, -0.15) is 0 Å². The Morgan fingerprint density at radius 3 is 2.18 bits per heavy atom. The molecule has 7 nitrogen and oxygen atoms in total. The Bertz CT molecular complexity index is 1080. The lowest BCUT2D eigenvalue weighted by atomic mass is 10.1. The standard InChI is InChI=1S/C26H28N4O3/c1-20(26(32)33)30(19-21-6-3-2-4-7-21)25(31)22-8-5-9-24(18-22)29-16-14-28(15-17-29)23-10-12-27-13-11-23/h2-13,18,20H,14-17,19H2,1H3,(H,32,33). The summed E-state index contributed by atoms with van der Waals surface area (Å²) in [6.45, 7) is 5.20. The number of carboxylic acid groups (broad SMARTS) is 1. The van der Waals surface area contributed by atoms with Crippen LogP contribution in [0.5, 0.6) is 0 Å². The maximum atomic E-state index is 13.4. The molecule has 1 aliphatic rings. The van der Waals surface area contributed by atoms with Gasteiger partial charge in [0.05, 0.1) is 0 Å². The predicted molar refractivity (Wildman–Crippen MR) is 129 cm³/mol. The molecule has 0 spiro atoms. The smallest absolute Gasteiger partial charge is 0.326 e. The highest BCUT2D eigenvalue weighted by Gasteiger charge is 2.27. The fraction of sp³-hybridized carbons (Fsp3) is 0.269. The van der Waals surface area contributed by atoms with E-state index in [2.05, 4.69) is 14.8 Å². The summed E-state index contributed by atoms with van der Waals surface area (Å²) in [5.41, 5.74) is 3.51. The van der Waals surface area contributed by atoms with Crippen LogP contribution in [0, 0.1) is 0 Å². The summed E-state index contributed by atoms with van der Waals surface area (Å²) in [7, 11) is 0. The van der Waals surface area contributed by atoms with Crippen LogP contribution in [0.1, 0.15) is 22.8 Å². The van der Waals surface area contributed by atoms with Crippen LogP contribution < -0.4 is 9.80 Å². The Hall–Kier alpha value is -3.87. The van der Waals surface area contributed by atoms with E-state index in [0.717, 1.165) is 43.1 Å². The summed E-state index contributed by atoms with van der Waals surface area (Å²) in [5, 5.41) is 9.59. The largest absolute Gasteiger partial charge is 0.480 e. The first-order valence-corrected chi connectivity index (χ1v) is 11.1. The molecule has 1 saturated heterocycles. The molecule has 3 aromatic rings. The summed E-state index contributed by atoms with van der Waals surface area (Å²) in [6.07, 6.45) is 3.60. The molecular formula is C26H28N4O3. The molecule has 0 saturated carbocycles. The molecule has 0 aliphatic carbocycles. The number of amides is 1. The Balaban J connectivity index is 1.49. The van der Waals surface area contributed by atoms with E-state index in [1.54, 1.807) is 25.4 Å². The molecule has 1 atom stereocenters. The van der Waals surface area contributed by atoms with Gasteiger partial charge in [0.2, 0.25) is 0 Å². The van der Waals surface area contributed by atoms with Crippen LogP contribution in [0.25, 0.3) is 0 Å². The number of aromatic nitrogens is 1. The molecule has 1 aliphatic heterocycles. The molecule has 7 heteroatoms. The van der Waals surface area contributed by atoms with Gasteiger partial charge < -0.3 is 19.8 Å². The number of anilines is 2. The summed E-state index contributed by atoms with van der Waals surface area (Å²) in [6, 6.07) is 20.0. The van der Waals surface area contributed by atoms with Crippen LogP contribution in [-0.2, 0) is 11.3 Å². The molecule has 170 valence electrons. The molecule has 0 bridgehead atoms. The Morgan fingerprint density at radius 1 is 0.909 bits per heavy atom. The van der Waals surface area contributed by atoms with Crippen LogP contribution in [0.4, 0.5) is 11.4 Å². The summed E-state index contributed by atoms with van der Waals surface area (Å²) >= 11 is 0. The van der Waals surface area contributed by atoms with E-state index in [9.17, 15) is 14.7 Å². The molecule has 33 heavy (non-hydrogen) atoms. The van der Waals surface area contributed by atoms with Crippen molar-refractivity contribution < 1.29 is 14.7 Å². The van der Waals surface area contributed by atoms with Crippen molar-refractivity contribution >= 4 is 23.3 Å². The van der Waals surface area contributed by atoms with Crippen LogP contribution in [0.3, 0.4) is 0 Å². The Kier molecular flexibility index (Phi) is 6.88. The lowest BCUT2D eigenvalue weighted by molar-refractivity contribution is -0.141. The van der Waals surface area contributed by atoms with Gasteiger partial charge in [0.25, 0.3) is 5.91 Å². The van der Waals surface area contributed by atoms with E-state index in [1.165, 1.54) is 4.90 Å². The van der Waals surface area contributed by atoms with Crippen LogP contribution >= 0.6 is 0 Å². The quantitative estimate of drug-likeness (QED) is 0.601. The highest BCUT2D eigenvalue weighted by atomic mass is 16.4. The number of benzene rings is 2. The first kappa shape index (κ1) is 22.3. The average Bonchev–Trinajstić information content (AvgIpc) is 2.88. The molecule has 1 N–H and O–H groups in total. The van der Waals surface area contributed by atoms with Crippen molar-refractivity contribution in [2.75, 3.05) is 36.0 Å². The Labute approximate surface area is 193 Å². The van der Waals surface area contributed by atoms with Gasteiger partial charge in [-0.1, -0.05) is 36.4 Å². The van der Waals surface area contributed by atoms with Gasteiger partial charge in [0.1, 0.15) is 6.04 Å². The highest BCUT2D eigenvalue weighted by Crippen LogP contribution is 2.23. The highest BCUT2D eigenvalue weighted by molar-refractivity contribution is 5.97. The molecule has 1 fully saturated rings. The van der Waals surface area contributed by atoms with Crippen molar-refractivity contribution in [3.63, 3.8) is 0 Å². The van der Waals surface area contributed by atoms with E-state index < -0.39 is 12.0 Å². The zero-order chi connectivity index (χ0) is 23.2. The van der Waals surface area contributed by atoms with E-state index in [0.29, 0.717) is 5.56 Å². The predicted octanol–water partition coefficient (Wildman–Crippen LogP) is 3.52. The van der Waals surface area contributed by atoms with Crippen molar-refractivity contribution in [2.45, 2.75) is 19.5 Å². The Morgan fingerprint density at radius 2 is 1.55 bits per heavy atom. The van der Waals surface area contributed by atoms with E-state index in [1.807, 2.05) is 60.7 Å². The monoisotopic (exact) mass is 444 g/mol. The molecule has 1 amide bonds. The third kappa shape index (κ3) is 5.31. The lowest BCUT2D eigenvalue weighted by Crippen LogP contribution is -2.46. The van der Waals surface area contributed by atoms with Crippen molar-refractivity contribution in [1.29, 1.82) is 0 Å². The number of piperazine rings is 1. The second-order valence-electron chi connectivity index (χ2n) is 8.16. The molecule has 2 aromatic carbocycles. The summed E-state index contributed by atoms with van der Waals surface area (Å²) < 4.78 is 0. The minimum absolute atomic E-state index is 0.238. The minimum atomic E-state index is -1.03. The van der Waals surface area contributed by atoms with Gasteiger partial charge in [0.15, 0.2) is 0 Å². The van der Waals surface area contributed by atoms with Gasteiger partial charge >= 0.3 is 5.97 Å². The number of pyridine rings is 1. The summed E-state index contributed by atoms with van der Waals surface area (Å²) in [4.78, 5) is 35.2. The zero-order valence-corrected chi connectivity index (χ0v) is 18.7. The maximum Gasteiger partial charge on any atom is 0.326 e. The number of carbonyl (C=O) groups is 2. The molecular weight excluding hydrogens is 416 g/mol. The topological polar surface area (TPSA) is 77.0 Å². The van der Waals surface area contributed by atoms with E-state index in [4.69, 9.17) is 0 Å². The number of hydrogen-bond donors (Lipinski definition) is 1. The number of rotatable bonds is 7. The second kappa shape index (κ2) is 10.2. The molecule has 1 unspecified atom stereocenters. The molecule has 4 rings (SSSR count). The second-order valence-corrected chi connectivity index (χ2v) is 8.16. The van der Waals surface area contributed by atoms with Crippen LogP contribution in [-0.4, -0.2) is 59.1 Å². The number of carboxylic acids is 1. The van der Waals surface area contributed by atoms with Crippen molar-refractivity contribution in [3.8, 4) is 0 Å². The number of aliphatic carboxylic acids is 1. The third-order valence-corrected chi connectivity index (χ3v) is 6.05. The van der Waals surface area contributed by atoms with Gasteiger partial charge in [-0.3, -0.25) is 9.78 Å². The van der Waals surface area contributed by atoms with Gasteiger partial charge in [-0.25, -0.2) is 4.79 Å². The number of hydrogen-bond acceptors (Lipinski definition) is 5. The SMILES string of the molecule is CC(C(=O)O)N(Cc1ccccc1)C(=O)c1cccc(N2CCN(c3ccncc3)CC2)c1. The number of carbonyl (C=O) groups excluding carboxylic acids is 1. The first-order chi connectivity index (χ1) is 16.0. The van der Waals surface area contributed by atoms with Gasteiger partial charge in [-0.05, 0) is 42.8 Å². The normalized spacial score (nSPS) is 14.6. The molecule has 1 aromatic heterocycles. The van der Waals surface area contributed by atoms with Crippen LogP contribution in [0.2, 0.25) is 0 Å². The fourth-order valence-corrected chi connectivity index (χ4v) is 4.08. The van der Waals surface area contributed by atoms with Crippen LogP contribution in [0.15, 0.2) is 79.1 Å². The van der Waals surface area contributed by atoms with Crippen molar-refractivity contribution in [3.05, 3.63) is 90.3 Å². The summed E-state index contributed by atoms with van der Waals surface area (Å²) in [5.74, 6) is -1.31. The van der Waals surface area contributed by atoms with Crippen molar-refractivity contribution in [1.82, 2.24) is 9.88 Å². The van der Waals surface area contributed by atoms with Crippen molar-refractivity contribution in [2.24, 2.45) is 0 Å². The first-order valence-electron chi connectivity index (χ1n) is 11.1. The minimum Gasteiger partial charge on any atom is -0.480 e. The zero-order valence-electron chi connectivity index (χ0n) is 18.7. The number of nitrogens with zero attached hydrogens (tertiary/aromatic N) is 4. The molecule has 0 radical (unpaired) electrons. The van der Waals surface area contributed by atoms with E-state index in [-0.39, 0.29) is 12.5 Å². The van der Waals surface area contributed by atoms with Gasteiger partial charge in [-0.15, -0.1) is 0 Å². The average molecular weight is 445 g/mol. The van der Waals surface area contributed by atoms with E-state index >= 15 is 0 Å². The third-order valence-electron chi connectivity index (χ3n) is 6.05. The fourth-order valence-electron chi connectivity index (χ4n) is 4.08. The van der Waals surface area contributed by atoms with Gasteiger partial charge in [0, 0.05) is 62.1 Å². The lowest BCUT2D eigenvalue weighted by Gasteiger charge is -2.37. The maximum absolute atomic E-state index is 13.4. The molecule has 2 heterocycles.